The number of thioether (sulfide) groups is 1. The summed E-state index contributed by atoms with van der Waals surface area (Å²) in [6, 6.07) is 1.87. The predicted octanol–water partition coefficient (Wildman–Crippen LogP) is 2.68. The van der Waals surface area contributed by atoms with E-state index in [4.69, 9.17) is 11.6 Å². The first-order chi connectivity index (χ1) is 13.5. The van der Waals surface area contributed by atoms with Gasteiger partial charge in [0.05, 0.1) is 5.75 Å². The van der Waals surface area contributed by atoms with Crippen molar-refractivity contribution < 1.29 is 9.59 Å². The molecule has 1 unspecified atom stereocenters. The van der Waals surface area contributed by atoms with E-state index in [2.05, 4.69) is 21.8 Å². The fraction of sp³-hybridized carbons (Fsp3) is 0.684. The summed E-state index contributed by atoms with van der Waals surface area (Å²) < 4.78 is 0. The van der Waals surface area contributed by atoms with E-state index in [0.717, 1.165) is 31.7 Å². The molecule has 0 spiro atoms. The van der Waals surface area contributed by atoms with Crippen molar-refractivity contribution in [3.63, 3.8) is 0 Å². The number of hydrogen-bond acceptors (Lipinski definition) is 6. The summed E-state index contributed by atoms with van der Waals surface area (Å²) in [4.78, 5) is 39.3. The standard InChI is InChI=1S/C19H28ClN5O2S/c1-3-17(26)25-10-9-24(12-14(25)2)16-11-15(20)21-19(22-16)28-13-18(27)23-7-5-4-6-8-23/h11,14H,3-10,12-13H2,1-2H3. The minimum Gasteiger partial charge on any atom is -0.353 e. The molecule has 2 aliphatic rings. The van der Waals surface area contributed by atoms with Crippen LogP contribution in [0.2, 0.25) is 5.15 Å². The normalized spacial score (nSPS) is 20.4. The molecule has 9 heteroatoms. The summed E-state index contributed by atoms with van der Waals surface area (Å²) in [5.41, 5.74) is 0. The van der Waals surface area contributed by atoms with E-state index >= 15 is 0 Å². The van der Waals surface area contributed by atoms with E-state index < -0.39 is 0 Å². The third-order valence-electron chi connectivity index (χ3n) is 5.27. The number of halogens is 1. The lowest BCUT2D eigenvalue weighted by Gasteiger charge is -2.40. The molecule has 2 saturated heterocycles. The summed E-state index contributed by atoms with van der Waals surface area (Å²) in [5, 5.41) is 0.894. The maximum absolute atomic E-state index is 12.4. The minimum atomic E-state index is 0.117. The van der Waals surface area contributed by atoms with Crippen LogP contribution in [0.25, 0.3) is 0 Å². The molecule has 0 saturated carbocycles. The van der Waals surface area contributed by atoms with Crippen LogP contribution in [0.3, 0.4) is 0 Å². The second-order valence-corrected chi connectivity index (χ2v) is 8.63. The molecule has 2 fully saturated rings. The molecule has 3 heterocycles. The van der Waals surface area contributed by atoms with Crippen molar-refractivity contribution in [1.29, 1.82) is 0 Å². The third kappa shape index (κ3) is 5.29. The first kappa shape index (κ1) is 21.2. The van der Waals surface area contributed by atoms with Gasteiger partial charge < -0.3 is 14.7 Å². The number of piperidine rings is 1. The van der Waals surface area contributed by atoms with Gasteiger partial charge in [-0.3, -0.25) is 9.59 Å². The summed E-state index contributed by atoms with van der Waals surface area (Å²) in [6.07, 6.45) is 3.89. The van der Waals surface area contributed by atoms with E-state index in [1.54, 1.807) is 6.07 Å². The highest BCUT2D eigenvalue weighted by molar-refractivity contribution is 7.99. The Morgan fingerprint density at radius 1 is 1.14 bits per heavy atom. The van der Waals surface area contributed by atoms with Crippen molar-refractivity contribution >= 4 is 41.0 Å². The quantitative estimate of drug-likeness (QED) is 0.410. The van der Waals surface area contributed by atoms with E-state index in [-0.39, 0.29) is 17.9 Å². The van der Waals surface area contributed by atoms with Gasteiger partial charge in [0.15, 0.2) is 5.16 Å². The van der Waals surface area contributed by atoms with Crippen LogP contribution in [0.15, 0.2) is 11.2 Å². The van der Waals surface area contributed by atoms with Gasteiger partial charge in [0.2, 0.25) is 11.8 Å². The second kappa shape index (κ2) is 9.78. The average molecular weight is 426 g/mol. The molecule has 0 radical (unpaired) electrons. The number of amides is 2. The van der Waals surface area contributed by atoms with Gasteiger partial charge in [-0.1, -0.05) is 30.3 Å². The number of nitrogens with zero attached hydrogens (tertiary/aromatic N) is 5. The van der Waals surface area contributed by atoms with Gasteiger partial charge in [-0.15, -0.1) is 0 Å². The van der Waals surface area contributed by atoms with Gasteiger partial charge in [-0.05, 0) is 26.2 Å². The number of carbonyl (C=O) groups is 2. The number of hydrogen-bond donors (Lipinski definition) is 0. The van der Waals surface area contributed by atoms with Crippen molar-refractivity contribution in [1.82, 2.24) is 19.8 Å². The molecule has 0 N–H and O–H groups in total. The molecule has 2 aliphatic heterocycles. The number of piperazine rings is 1. The Labute approximate surface area is 175 Å². The smallest absolute Gasteiger partial charge is 0.233 e. The Morgan fingerprint density at radius 2 is 1.89 bits per heavy atom. The molecule has 0 aliphatic carbocycles. The zero-order chi connectivity index (χ0) is 20.1. The van der Waals surface area contributed by atoms with Gasteiger partial charge in [-0.25, -0.2) is 9.97 Å². The minimum absolute atomic E-state index is 0.117. The largest absolute Gasteiger partial charge is 0.353 e. The first-order valence-electron chi connectivity index (χ1n) is 9.97. The van der Waals surface area contributed by atoms with Crippen LogP contribution in [0.4, 0.5) is 5.82 Å². The van der Waals surface area contributed by atoms with Gasteiger partial charge >= 0.3 is 0 Å². The maximum Gasteiger partial charge on any atom is 0.233 e. The molecule has 1 aromatic heterocycles. The summed E-state index contributed by atoms with van der Waals surface area (Å²) in [7, 11) is 0. The molecular formula is C19H28ClN5O2S. The van der Waals surface area contributed by atoms with Crippen molar-refractivity contribution in [3.05, 3.63) is 11.2 Å². The van der Waals surface area contributed by atoms with Crippen LogP contribution in [-0.4, -0.2) is 76.1 Å². The topological polar surface area (TPSA) is 69.6 Å². The molecule has 2 amide bonds. The third-order valence-corrected chi connectivity index (χ3v) is 6.29. The summed E-state index contributed by atoms with van der Waals surface area (Å²) in [5.74, 6) is 1.40. The molecule has 0 bridgehead atoms. The first-order valence-corrected chi connectivity index (χ1v) is 11.3. The lowest BCUT2D eigenvalue weighted by molar-refractivity contribution is -0.133. The highest BCUT2D eigenvalue weighted by Crippen LogP contribution is 2.24. The Bertz CT molecular complexity index is 714. The Hall–Kier alpha value is -1.54. The maximum atomic E-state index is 12.4. The Morgan fingerprint density at radius 3 is 2.57 bits per heavy atom. The zero-order valence-electron chi connectivity index (χ0n) is 16.6. The van der Waals surface area contributed by atoms with Crippen LogP contribution >= 0.6 is 23.4 Å². The van der Waals surface area contributed by atoms with Crippen LogP contribution in [0.1, 0.15) is 39.5 Å². The molecule has 1 atom stereocenters. The SMILES string of the molecule is CCC(=O)N1CCN(c2cc(Cl)nc(SCC(=O)N3CCCCC3)n2)CC1C. The van der Waals surface area contributed by atoms with Crippen LogP contribution in [0, 0.1) is 0 Å². The van der Waals surface area contributed by atoms with Crippen molar-refractivity contribution in [2.24, 2.45) is 0 Å². The monoisotopic (exact) mass is 425 g/mol. The summed E-state index contributed by atoms with van der Waals surface area (Å²) >= 11 is 7.56. The molecule has 0 aromatic carbocycles. The highest BCUT2D eigenvalue weighted by atomic mass is 35.5. The van der Waals surface area contributed by atoms with Gasteiger partial charge in [0.25, 0.3) is 0 Å². The fourth-order valence-electron chi connectivity index (χ4n) is 3.71. The Balaban J connectivity index is 1.61. The van der Waals surface area contributed by atoms with Crippen LogP contribution < -0.4 is 4.90 Å². The predicted molar refractivity (Wildman–Crippen MR) is 112 cm³/mol. The lowest BCUT2D eigenvalue weighted by Crippen LogP contribution is -2.54. The molecular weight excluding hydrogens is 398 g/mol. The van der Waals surface area contributed by atoms with Crippen LogP contribution in [0.5, 0.6) is 0 Å². The number of likely N-dealkylation sites (tertiary alicyclic amines) is 1. The number of rotatable bonds is 5. The molecule has 3 rings (SSSR count). The van der Waals surface area contributed by atoms with Gasteiger partial charge in [0.1, 0.15) is 11.0 Å². The molecule has 7 nitrogen and oxygen atoms in total. The van der Waals surface area contributed by atoms with Crippen molar-refractivity contribution in [2.45, 2.75) is 50.7 Å². The van der Waals surface area contributed by atoms with E-state index in [0.29, 0.717) is 42.1 Å². The van der Waals surface area contributed by atoms with Crippen molar-refractivity contribution in [2.75, 3.05) is 43.4 Å². The van der Waals surface area contributed by atoms with Crippen LogP contribution in [-0.2, 0) is 9.59 Å². The second-order valence-electron chi connectivity index (χ2n) is 7.30. The molecule has 28 heavy (non-hydrogen) atoms. The fourth-order valence-corrected chi connectivity index (χ4v) is 4.70. The summed E-state index contributed by atoms with van der Waals surface area (Å²) in [6.45, 7) is 7.72. The molecule has 154 valence electrons. The van der Waals surface area contributed by atoms with Gasteiger partial charge in [0, 0.05) is 51.3 Å². The number of anilines is 1. The number of aromatic nitrogens is 2. The van der Waals surface area contributed by atoms with Crippen molar-refractivity contribution in [3.8, 4) is 0 Å². The highest BCUT2D eigenvalue weighted by Gasteiger charge is 2.27. The van der Waals surface area contributed by atoms with Gasteiger partial charge in [-0.2, -0.15) is 0 Å². The number of carbonyl (C=O) groups excluding carboxylic acids is 2. The average Bonchev–Trinajstić information content (AvgIpc) is 2.71. The van der Waals surface area contributed by atoms with E-state index in [9.17, 15) is 9.59 Å². The van der Waals surface area contributed by atoms with E-state index in [1.165, 1.54) is 18.2 Å². The lowest BCUT2D eigenvalue weighted by atomic mass is 10.1. The zero-order valence-corrected chi connectivity index (χ0v) is 18.1. The molecule has 1 aromatic rings. The Kier molecular flexibility index (Phi) is 7.40. The van der Waals surface area contributed by atoms with E-state index in [1.807, 2.05) is 16.7 Å².